The number of aromatic nitrogens is 4. The average Bonchev–Trinajstić information content (AvgIpc) is 3.55. The summed E-state index contributed by atoms with van der Waals surface area (Å²) >= 11 is 6.28. The zero-order chi connectivity index (χ0) is 29.6. The number of nitrogens with zero attached hydrogens (tertiary/aromatic N) is 5. The molecule has 11 heteroatoms. The summed E-state index contributed by atoms with van der Waals surface area (Å²) < 4.78 is 33.7. The number of fused-ring (bicyclic) bond motifs is 1. The Kier molecular flexibility index (Phi) is 6.94. The van der Waals surface area contributed by atoms with Gasteiger partial charge in [0, 0.05) is 49.3 Å². The minimum absolute atomic E-state index is 0.0757. The van der Waals surface area contributed by atoms with Crippen molar-refractivity contribution in [2.45, 2.75) is 38.1 Å². The van der Waals surface area contributed by atoms with Gasteiger partial charge < -0.3 is 14.8 Å². The maximum absolute atomic E-state index is 16.2. The number of carbonyl (C=O) groups is 2. The van der Waals surface area contributed by atoms with Gasteiger partial charge in [0.1, 0.15) is 12.0 Å². The van der Waals surface area contributed by atoms with Crippen molar-refractivity contribution in [3.8, 4) is 11.3 Å². The molecule has 0 saturated carbocycles. The van der Waals surface area contributed by atoms with E-state index in [-0.39, 0.29) is 22.0 Å². The van der Waals surface area contributed by atoms with Crippen molar-refractivity contribution >= 4 is 40.0 Å². The van der Waals surface area contributed by atoms with Crippen molar-refractivity contribution in [1.29, 1.82) is 0 Å². The van der Waals surface area contributed by atoms with E-state index in [1.54, 1.807) is 54.1 Å². The van der Waals surface area contributed by atoms with Gasteiger partial charge in [-0.05, 0) is 48.7 Å². The van der Waals surface area contributed by atoms with E-state index in [1.807, 2.05) is 12.1 Å². The molecule has 1 aliphatic heterocycles. The first-order valence-corrected chi connectivity index (χ1v) is 13.6. The van der Waals surface area contributed by atoms with Crippen LogP contribution in [0.25, 0.3) is 22.2 Å². The maximum Gasteiger partial charge on any atom is 0.271 e. The van der Waals surface area contributed by atoms with Gasteiger partial charge in [-0.2, -0.15) is 0 Å². The lowest BCUT2D eigenvalue weighted by Gasteiger charge is -2.40. The zero-order valence-corrected chi connectivity index (χ0v) is 23.4. The molecule has 3 aromatic heterocycles. The summed E-state index contributed by atoms with van der Waals surface area (Å²) in [7, 11) is 0. The number of likely N-dealkylation sites (tertiary alicyclic amines) is 1. The number of benzene rings is 2. The second kappa shape index (κ2) is 10.6. The Hall–Kier alpha value is -4.70. The molecule has 2 amide bonds. The topological polar surface area (TPSA) is 93.0 Å². The summed E-state index contributed by atoms with van der Waals surface area (Å²) in [6.45, 7) is 2.97. The molecule has 1 N–H and O–H groups in total. The van der Waals surface area contributed by atoms with Crippen molar-refractivity contribution in [1.82, 2.24) is 24.4 Å². The number of nitrogens with one attached hydrogen (secondary N) is 1. The number of aryl methyl sites for hydroxylation is 1. The number of hydrogen-bond donors (Lipinski definition) is 1. The van der Waals surface area contributed by atoms with Gasteiger partial charge in [-0.15, -0.1) is 0 Å². The smallest absolute Gasteiger partial charge is 0.271 e. The Labute approximate surface area is 245 Å². The van der Waals surface area contributed by atoms with E-state index >= 15 is 8.78 Å². The molecule has 1 fully saturated rings. The molecule has 1 aliphatic rings. The number of rotatable bonds is 5. The van der Waals surface area contributed by atoms with Crippen LogP contribution in [0.15, 0.2) is 85.5 Å². The fourth-order valence-electron chi connectivity index (χ4n) is 5.79. The summed E-state index contributed by atoms with van der Waals surface area (Å²) in [6.07, 6.45) is 3.96. The largest absolute Gasteiger partial charge is 0.320 e. The highest BCUT2D eigenvalue weighted by molar-refractivity contribution is 6.33. The van der Waals surface area contributed by atoms with Gasteiger partial charge in [-0.1, -0.05) is 35.9 Å². The minimum Gasteiger partial charge on any atom is -0.320 e. The normalized spacial score (nSPS) is 20.2. The molecule has 0 aliphatic carbocycles. The van der Waals surface area contributed by atoms with Gasteiger partial charge in [0.15, 0.2) is 5.82 Å². The first-order chi connectivity index (χ1) is 20.2. The van der Waals surface area contributed by atoms with Gasteiger partial charge in [-0.3, -0.25) is 14.6 Å². The molecule has 6 rings (SSSR count). The molecule has 0 bridgehead atoms. The highest BCUT2D eigenvalue weighted by atomic mass is 35.5. The molecular weight excluding hydrogens is 562 g/mol. The van der Waals surface area contributed by atoms with Crippen LogP contribution in [0.2, 0.25) is 5.02 Å². The highest BCUT2D eigenvalue weighted by Crippen LogP contribution is 2.49. The van der Waals surface area contributed by atoms with Crippen LogP contribution in [0.4, 0.5) is 14.5 Å². The van der Waals surface area contributed by atoms with Gasteiger partial charge >= 0.3 is 0 Å². The summed E-state index contributed by atoms with van der Waals surface area (Å²) in [6, 6.07) is 15.5. The van der Waals surface area contributed by atoms with Crippen LogP contribution in [0.3, 0.4) is 0 Å². The van der Waals surface area contributed by atoms with E-state index in [0.29, 0.717) is 16.9 Å². The molecule has 3 unspecified atom stereocenters. The molecule has 8 nitrogen and oxygen atoms in total. The molecular formula is C31H25ClF2N6O2. The van der Waals surface area contributed by atoms with E-state index in [1.165, 1.54) is 42.5 Å². The number of hydrogen-bond acceptors (Lipinski definition) is 5. The van der Waals surface area contributed by atoms with Crippen LogP contribution in [0.1, 0.15) is 30.8 Å². The number of pyridine rings is 1. The molecule has 0 radical (unpaired) electrons. The Balaban J connectivity index is 1.52. The van der Waals surface area contributed by atoms with Crippen LogP contribution in [0.5, 0.6) is 0 Å². The van der Waals surface area contributed by atoms with Crippen molar-refractivity contribution < 1.29 is 18.4 Å². The Morgan fingerprint density at radius 1 is 1.02 bits per heavy atom. The predicted molar refractivity (Wildman–Crippen MR) is 155 cm³/mol. The molecule has 1 saturated heterocycles. The molecule has 2 aromatic carbocycles. The van der Waals surface area contributed by atoms with Gasteiger partial charge in [0.2, 0.25) is 11.6 Å². The Bertz CT molecular complexity index is 1830. The standard InChI is InChI=1S/C31H25ClF2N6O2/c1-18-36-16-21(17-37-18)29-24(33)15-31(40(29)19(2)41,39-14-12-20-7-3-4-11-26(20)39)30(42)38-25-10-5-8-22(27(25)34)28-23(32)9-6-13-35-28/h3-14,16-17,24,29H,15H2,1-2H3,(H,38,42). The number of carbonyl (C=O) groups excluding carboxylic acids is 2. The molecule has 4 heterocycles. The predicted octanol–water partition coefficient (Wildman–Crippen LogP) is 6.22. The summed E-state index contributed by atoms with van der Waals surface area (Å²) in [5.41, 5.74) is -0.861. The zero-order valence-electron chi connectivity index (χ0n) is 22.6. The fourth-order valence-corrected chi connectivity index (χ4v) is 6.02. The average molecular weight is 587 g/mol. The fraction of sp³-hybridized carbons (Fsp3) is 0.194. The van der Waals surface area contributed by atoms with Crippen LogP contribution in [0, 0.1) is 12.7 Å². The van der Waals surface area contributed by atoms with Crippen molar-refractivity contribution in [2.75, 3.05) is 5.32 Å². The van der Waals surface area contributed by atoms with Gasteiger partial charge in [-0.25, -0.2) is 18.7 Å². The summed E-state index contributed by atoms with van der Waals surface area (Å²) in [5, 5.41) is 3.68. The van der Waals surface area contributed by atoms with Gasteiger partial charge in [0.25, 0.3) is 5.91 Å². The minimum atomic E-state index is -1.91. The molecule has 0 spiro atoms. The van der Waals surface area contributed by atoms with E-state index in [0.717, 1.165) is 5.39 Å². The number of halogens is 3. The van der Waals surface area contributed by atoms with Crippen LogP contribution < -0.4 is 5.32 Å². The lowest BCUT2D eigenvalue weighted by Crippen LogP contribution is -2.56. The van der Waals surface area contributed by atoms with Crippen molar-refractivity contribution in [3.05, 3.63) is 108 Å². The number of para-hydroxylation sites is 1. The Morgan fingerprint density at radius 3 is 2.52 bits per heavy atom. The van der Waals surface area contributed by atoms with Crippen molar-refractivity contribution in [3.63, 3.8) is 0 Å². The first-order valence-electron chi connectivity index (χ1n) is 13.2. The Morgan fingerprint density at radius 2 is 1.79 bits per heavy atom. The first kappa shape index (κ1) is 27.5. The van der Waals surface area contributed by atoms with Crippen LogP contribution >= 0.6 is 11.6 Å². The van der Waals surface area contributed by atoms with Crippen LogP contribution in [-0.2, 0) is 15.3 Å². The lowest BCUT2D eigenvalue weighted by molar-refractivity contribution is -0.149. The van der Waals surface area contributed by atoms with E-state index in [9.17, 15) is 9.59 Å². The monoisotopic (exact) mass is 586 g/mol. The van der Waals surface area contributed by atoms with E-state index in [2.05, 4.69) is 20.3 Å². The molecule has 42 heavy (non-hydrogen) atoms. The molecule has 5 aromatic rings. The number of anilines is 1. The third kappa shape index (κ3) is 4.39. The van der Waals surface area contributed by atoms with E-state index in [4.69, 9.17) is 11.6 Å². The third-order valence-corrected chi connectivity index (χ3v) is 7.91. The third-order valence-electron chi connectivity index (χ3n) is 7.60. The molecule has 212 valence electrons. The second-order valence-corrected chi connectivity index (χ2v) is 10.5. The highest BCUT2D eigenvalue weighted by Gasteiger charge is 2.60. The molecule has 3 atom stereocenters. The lowest BCUT2D eigenvalue weighted by atomic mass is 10.0. The quantitative estimate of drug-likeness (QED) is 0.264. The summed E-state index contributed by atoms with van der Waals surface area (Å²) in [4.78, 5) is 41.7. The van der Waals surface area contributed by atoms with Crippen LogP contribution in [-0.4, -0.2) is 42.4 Å². The van der Waals surface area contributed by atoms with E-state index < -0.39 is 41.9 Å². The van der Waals surface area contributed by atoms with Gasteiger partial charge in [0.05, 0.1) is 28.0 Å². The van der Waals surface area contributed by atoms with Crippen molar-refractivity contribution in [2.24, 2.45) is 0 Å². The SMILES string of the molecule is CC(=O)N1C(c2cnc(C)nc2)C(F)CC1(C(=O)Nc1cccc(-c2ncccc2Cl)c1F)n1ccc2ccccc21. The summed E-state index contributed by atoms with van der Waals surface area (Å²) in [5.74, 6) is -1.64. The maximum atomic E-state index is 16.2. The number of amides is 2. The second-order valence-electron chi connectivity index (χ2n) is 10.1. The number of alkyl halides is 1.